The summed E-state index contributed by atoms with van der Waals surface area (Å²) in [4.78, 5) is 23.7. The second-order valence-corrected chi connectivity index (χ2v) is 6.56. The minimum Gasteiger partial charge on any atom is -0.494 e. The first-order valence-electron chi connectivity index (χ1n) is 9.55. The van der Waals surface area contributed by atoms with Crippen LogP contribution in [0.4, 0.5) is 5.69 Å². The molecule has 0 aliphatic rings. The number of carboxylic acids is 1. The van der Waals surface area contributed by atoms with E-state index in [1.807, 2.05) is 66.1 Å². The van der Waals surface area contributed by atoms with Gasteiger partial charge in [0.2, 0.25) is 5.91 Å². The maximum absolute atomic E-state index is 12.7. The Hall–Kier alpha value is -3.54. The van der Waals surface area contributed by atoms with Crippen molar-refractivity contribution in [3.63, 3.8) is 0 Å². The van der Waals surface area contributed by atoms with Crippen LogP contribution in [-0.2, 0) is 22.6 Å². The zero-order valence-electron chi connectivity index (χ0n) is 16.3. The van der Waals surface area contributed by atoms with Gasteiger partial charge >= 0.3 is 5.97 Å². The van der Waals surface area contributed by atoms with Crippen molar-refractivity contribution in [3.8, 4) is 17.0 Å². The molecule has 150 valence electrons. The summed E-state index contributed by atoms with van der Waals surface area (Å²) in [6, 6.07) is 20.8. The number of nitrogens with zero attached hydrogens (tertiary/aromatic N) is 1. The number of benzene rings is 2. The van der Waals surface area contributed by atoms with Crippen LogP contribution >= 0.6 is 0 Å². The fraction of sp³-hybridized carbons (Fsp3) is 0.217. The number of aryl methyl sites for hydroxylation is 1. The average molecular weight is 392 g/mol. The molecule has 0 atom stereocenters. The number of aromatic nitrogens is 1. The van der Waals surface area contributed by atoms with Crippen LogP contribution in [0.15, 0.2) is 66.7 Å². The van der Waals surface area contributed by atoms with Crippen LogP contribution in [0.25, 0.3) is 11.3 Å². The number of ether oxygens (including phenoxy) is 1. The third kappa shape index (κ3) is 5.48. The van der Waals surface area contributed by atoms with E-state index in [2.05, 4.69) is 5.32 Å². The quantitative estimate of drug-likeness (QED) is 0.572. The summed E-state index contributed by atoms with van der Waals surface area (Å²) in [5.74, 6) is -0.296. The lowest BCUT2D eigenvalue weighted by Gasteiger charge is -2.14. The number of carbonyl (C=O) groups is 2. The normalized spacial score (nSPS) is 10.5. The first-order chi connectivity index (χ1) is 14.1. The smallest absolute Gasteiger partial charge is 0.303 e. The monoisotopic (exact) mass is 392 g/mol. The van der Waals surface area contributed by atoms with Gasteiger partial charge in [-0.3, -0.25) is 9.59 Å². The van der Waals surface area contributed by atoms with Gasteiger partial charge in [0.1, 0.15) is 12.3 Å². The molecule has 0 fully saturated rings. The standard InChI is InChI=1S/C23H24N2O4/c1-2-29-20-12-8-18(9-13-20)24-22(26)16-25-19(11-15-23(27)28)10-14-21(25)17-6-4-3-5-7-17/h3-10,12-14H,2,11,15-16H2,1H3,(H,24,26)(H,27,28). The van der Waals surface area contributed by atoms with Gasteiger partial charge in [0.25, 0.3) is 0 Å². The lowest BCUT2D eigenvalue weighted by Crippen LogP contribution is -2.21. The predicted molar refractivity (Wildman–Crippen MR) is 112 cm³/mol. The molecule has 3 aromatic rings. The first kappa shape index (κ1) is 20.2. The summed E-state index contributed by atoms with van der Waals surface area (Å²) >= 11 is 0. The second kappa shape index (κ2) is 9.59. The van der Waals surface area contributed by atoms with Gasteiger partial charge in [-0.25, -0.2) is 0 Å². The summed E-state index contributed by atoms with van der Waals surface area (Å²) in [5, 5.41) is 11.9. The molecule has 29 heavy (non-hydrogen) atoms. The topological polar surface area (TPSA) is 80.6 Å². The average Bonchev–Trinajstić information content (AvgIpc) is 3.11. The summed E-state index contributed by atoms with van der Waals surface area (Å²) in [7, 11) is 0. The zero-order chi connectivity index (χ0) is 20.6. The number of hydrogen-bond acceptors (Lipinski definition) is 3. The summed E-state index contributed by atoms with van der Waals surface area (Å²) in [5.41, 5.74) is 3.35. The Balaban J connectivity index is 1.79. The van der Waals surface area contributed by atoms with E-state index in [1.54, 1.807) is 12.1 Å². The van der Waals surface area contributed by atoms with Crippen molar-refractivity contribution in [1.29, 1.82) is 0 Å². The number of amides is 1. The first-order valence-corrected chi connectivity index (χ1v) is 9.55. The predicted octanol–water partition coefficient (Wildman–Crippen LogP) is 4.21. The number of carboxylic acid groups (broad SMARTS) is 1. The lowest BCUT2D eigenvalue weighted by atomic mass is 10.1. The van der Waals surface area contributed by atoms with E-state index in [9.17, 15) is 9.59 Å². The van der Waals surface area contributed by atoms with Crippen molar-refractivity contribution in [3.05, 3.63) is 72.4 Å². The van der Waals surface area contributed by atoms with Crippen molar-refractivity contribution in [2.45, 2.75) is 26.3 Å². The second-order valence-electron chi connectivity index (χ2n) is 6.56. The zero-order valence-corrected chi connectivity index (χ0v) is 16.3. The van der Waals surface area contributed by atoms with Crippen LogP contribution in [0.1, 0.15) is 19.0 Å². The molecule has 6 heteroatoms. The minimum absolute atomic E-state index is 0.0127. The molecule has 6 nitrogen and oxygen atoms in total. The third-order valence-electron chi connectivity index (χ3n) is 4.49. The van der Waals surface area contributed by atoms with E-state index in [0.29, 0.717) is 18.7 Å². The van der Waals surface area contributed by atoms with Crippen LogP contribution < -0.4 is 10.1 Å². The van der Waals surface area contributed by atoms with Crippen molar-refractivity contribution in [2.75, 3.05) is 11.9 Å². The highest BCUT2D eigenvalue weighted by Crippen LogP contribution is 2.24. The van der Waals surface area contributed by atoms with Gasteiger partial charge in [0.05, 0.1) is 13.0 Å². The van der Waals surface area contributed by atoms with Crippen molar-refractivity contribution in [2.24, 2.45) is 0 Å². The highest BCUT2D eigenvalue weighted by molar-refractivity contribution is 5.91. The van der Waals surface area contributed by atoms with E-state index in [-0.39, 0.29) is 18.9 Å². The SMILES string of the molecule is CCOc1ccc(NC(=O)Cn2c(CCC(=O)O)ccc2-c2ccccc2)cc1. The number of anilines is 1. The Morgan fingerprint density at radius 1 is 1.00 bits per heavy atom. The maximum Gasteiger partial charge on any atom is 0.303 e. The van der Waals surface area contributed by atoms with Crippen molar-refractivity contribution < 1.29 is 19.4 Å². The summed E-state index contributed by atoms with van der Waals surface area (Å²) < 4.78 is 7.29. The molecule has 0 spiro atoms. The number of aliphatic carboxylic acids is 1. The molecule has 2 aromatic carbocycles. The Bertz CT molecular complexity index is 962. The lowest BCUT2D eigenvalue weighted by molar-refractivity contribution is -0.137. The molecule has 0 unspecified atom stereocenters. The van der Waals surface area contributed by atoms with Crippen LogP contribution in [-0.4, -0.2) is 28.2 Å². The van der Waals surface area contributed by atoms with Crippen LogP contribution in [0.5, 0.6) is 5.75 Å². The van der Waals surface area contributed by atoms with Gasteiger partial charge in [0, 0.05) is 17.1 Å². The Labute approximate surface area is 169 Å². The van der Waals surface area contributed by atoms with E-state index >= 15 is 0 Å². The molecule has 2 N–H and O–H groups in total. The number of carbonyl (C=O) groups excluding carboxylic acids is 1. The number of rotatable bonds is 9. The molecule has 0 radical (unpaired) electrons. The minimum atomic E-state index is -0.863. The van der Waals surface area contributed by atoms with E-state index in [1.165, 1.54) is 0 Å². The van der Waals surface area contributed by atoms with Gasteiger partial charge in [-0.05, 0) is 55.3 Å². The van der Waals surface area contributed by atoms with Crippen LogP contribution in [0, 0.1) is 0 Å². The molecule has 0 aliphatic heterocycles. The fourth-order valence-electron chi connectivity index (χ4n) is 3.16. The van der Waals surface area contributed by atoms with E-state index in [4.69, 9.17) is 9.84 Å². The van der Waals surface area contributed by atoms with Gasteiger partial charge in [0.15, 0.2) is 0 Å². The summed E-state index contributed by atoms with van der Waals surface area (Å²) in [6.45, 7) is 2.60. The fourth-order valence-corrected chi connectivity index (χ4v) is 3.16. The molecule has 1 heterocycles. The van der Waals surface area contributed by atoms with E-state index < -0.39 is 5.97 Å². The highest BCUT2D eigenvalue weighted by atomic mass is 16.5. The molecule has 1 amide bonds. The Morgan fingerprint density at radius 3 is 2.38 bits per heavy atom. The molecule has 0 aliphatic carbocycles. The molecule has 3 rings (SSSR count). The number of nitrogens with one attached hydrogen (secondary N) is 1. The number of hydrogen-bond donors (Lipinski definition) is 2. The van der Waals surface area contributed by atoms with Gasteiger partial charge in [-0.2, -0.15) is 0 Å². The van der Waals surface area contributed by atoms with Gasteiger partial charge < -0.3 is 19.7 Å². The van der Waals surface area contributed by atoms with Crippen LogP contribution in [0.2, 0.25) is 0 Å². The molecule has 0 saturated carbocycles. The molecule has 1 aromatic heterocycles. The Kier molecular flexibility index (Phi) is 6.68. The van der Waals surface area contributed by atoms with Gasteiger partial charge in [-0.1, -0.05) is 30.3 Å². The largest absolute Gasteiger partial charge is 0.494 e. The Morgan fingerprint density at radius 2 is 1.72 bits per heavy atom. The van der Waals surface area contributed by atoms with Gasteiger partial charge in [-0.15, -0.1) is 0 Å². The van der Waals surface area contributed by atoms with Crippen molar-refractivity contribution in [1.82, 2.24) is 4.57 Å². The maximum atomic E-state index is 12.7. The molecule has 0 saturated heterocycles. The molecule has 0 bridgehead atoms. The van der Waals surface area contributed by atoms with Crippen molar-refractivity contribution >= 4 is 17.6 Å². The molecular formula is C23H24N2O4. The summed E-state index contributed by atoms with van der Waals surface area (Å²) in [6.07, 6.45) is 0.372. The van der Waals surface area contributed by atoms with Crippen LogP contribution in [0.3, 0.4) is 0 Å². The van der Waals surface area contributed by atoms with E-state index in [0.717, 1.165) is 22.7 Å². The highest BCUT2D eigenvalue weighted by Gasteiger charge is 2.14. The molecular weight excluding hydrogens is 368 g/mol. The third-order valence-corrected chi connectivity index (χ3v) is 4.49.